The molecule has 1 unspecified atom stereocenters. The molecule has 158 valence electrons. The zero-order valence-electron chi connectivity index (χ0n) is 17.1. The second-order valence-electron chi connectivity index (χ2n) is 7.53. The van der Waals surface area contributed by atoms with Crippen molar-refractivity contribution >= 4 is 18.3 Å². The van der Waals surface area contributed by atoms with Gasteiger partial charge in [-0.3, -0.25) is 4.79 Å². The minimum absolute atomic E-state index is 0. The first-order valence-corrected chi connectivity index (χ1v) is 9.96. The third kappa shape index (κ3) is 6.38. The van der Waals surface area contributed by atoms with Crippen LogP contribution < -0.4 is 20.5 Å². The monoisotopic (exact) mass is 418 g/mol. The Morgan fingerprint density at radius 1 is 1.17 bits per heavy atom. The Bertz CT molecular complexity index is 785. The van der Waals surface area contributed by atoms with Crippen molar-refractivity contribution in [2.24, 2.45) is 11.7 Å². The van der Waals surface area contributed by atoms with Gasteiger partial charge in [0.25, 0.3) is 0 Å². The number of benzene rings is 2. The summed E-state index contributed by atoms with van der Waals surface area (Å²) in [6, 6.07) is 15.8. The first-order valence-electron chi connectivity index (χ1n) is 9.96. The summed E-state index contributed by atoms with van der Waals surface area (Å²) in [6.07, 6.45) is 3.69. The molecule has 0 bridgehead atoms. The lowest BCUT2D eigenvalue weighted by molar-refractivity contribution is -0.122. The van der Waals surface area contributed by atoms with Crippen LogP contribution in [0, 0.1) is 5.92 Å². The molecular formula is C23H31ClN2O3. The zero-order chi connectivity index (χ0) is 19.9. The fourth-order valence-corrected chi connectivity index (χ4v) is 3.75. The Balaban J connectivity index is 0.00000300. The summed E-state index contributed by atoms with van der Waals surface area (Å²) in [5.74, 6) is 1.70. The number of carbonyl (C=O) groups is 1. The van der Waals surface area contributed by atoms with E-state index in [4.69, 9.17) is 15.2 Å². The van der Waals surface area contributed by atoms with E-state index in [9.17, 15) is 4.79 Å². The van der Waals surface area contributed by atoms with Crippen molar-refractivity contribution in [2.45, 2.75) is 51.3 Å². The average Bonchev–Trinajstić information content (AvgIpc) is 3.11. The fraction of sp³-hybridized carbons (Fsp3) is 0.435. The highest BCUT2D eigenvalue weighted by Crippen LogP contribution is 2.31. The van der Waals surface area contributed by atoms with Crippen LogP contribution in [0.2, 0.25) is 0 Å². The van der Waals surface area contributed by atoms with E-state index in [1.54, 1.807) is 7.11 Å². The van der Waals surface area contributed by atoms with Gasteiger partial charge < -0.3 is 20.5 Å². The summed E-state index contributed by atoms with van der Waals surface area (Å²) in [6.45, 7) is 2.45. The number of amides is 1. The van der Waals surface area contributed by atoms with Crippen LogP contribution >= 0.6 is 12.4 Å². The van der Waals surface area contributed by atoms with Gasteiger partial charge in [0.1, 0.15) is 6.61 Å². The Kier molecular flexibility index (Phi) is 8.80. The van der Waals surface area contributed by atoms with E-state index >= 15 is 0 Å². The topological polar surface area (TPSA) is 73.6 Å². The number of rotatable bonds is 8. The molecule has 0 saturated heterocycles. The highest BCUT2D eigenvalue weighted by Gasteiger charge is 2.26. The molecule has 1 fully saturated rings. The molecule has 3 atom stereocenters. The van der Waals surface area contributed by atoms with Gasteiger partial charge >= 0.3 is 0 Å². The van der Waals surface area contributed by atoms with Gasteiger partial charge in [0.05, 0.1) is 13.2 Å². The molecule has 0 radical (unpaired) electrons. The van der Waals surface area contributed by atoms with Crippen molar-refractivity contribution in [1.82, 2.24) is 5.32 Å². The second-order valence-corrected chi connectivity index (χ2v) is 7.53. The van der Waals surface area contributed by atoms with Crippen LogP contribution in [-0.4, -0.2) is 19.1 Å². The van der Waals surface area contributed by atoms with E-state index in [0.29, 0.717) is 30.4 Å². The SMILES string of the molecule is COc1cc(C(C)NC(=O)C[C@@H]2CCC[C@H]2N)ccc1OCc1ccccc1.Cl. The minimum Gasteiger partial charge on any atom is -0.493 e. The van der Waals surface area contributed by atoms with Crippen LogP contribution in [0.15, 0.2) is 48.5 Å². The van der Waals surface area contributed by atoms with Crippen LogP contribution in [0.3, 0.4) is 0 Å². The molecule has 3 N–H and O–H groups in total. The number of hydrogen-bond acceptors (Lipinski definition) is 4. The number of methoxy groups -OCH3 is 1. The summed E-state index contributed by atoms with van der Waals surface area (Å²) in [4.78, 5) is 12.4. The summed E-state index contributed by atoms with van der Waals surface area (Å²) in [7, 11) is 1.62. The van der Waals surface area contributed by atoms with Crippen molar-refractivity contribution < 1.29 is 14.3 Å². The lowest BCUT2D eigenvalue weighted by Crippen LogP contribution is -2.32. The Morgan fingerprint density at radius 2 is 1.93 bits per heavy atom. The van der Waals surface area contributed by atoms with E-state index in [2.05, 4.69) is 5.32 Å². The molecule has 0 spiro atoms. The quantitative estimate of drug-likeness (QED) is 0.666. The van der Waals surface area contributed by atoms with Crippen molar-refractivity contribution in [3.05, 3.63) is 59.7 Å². The van der Waals surface area contributed by atoms with E-state index in [0.717, 1.165) is 30.4 Å². The molecule has 3 rings (SSSR count). The van der Waals surface area contributed by atoms with Crippen LogP contribution in [-0.2, 0) is 11.4 Å². The third-order valence-corrected chi connectivity index (χ3v) is 5.47. The van der Waals surface area contributed by atoms with Crippen molar-refractivity contribution in [2.75, 3.05) is 7.11 Å². The van der Waals surface area contributed by atoms with Crippen LogP contribution in [0.25, 0.3) is 0 Å². The van der Waals surface area contributed by atoms with Gasteiger partial charge in [-0.15, -0.1) is 12.4 Å². The molecular weight excluding hydrogens is 388 g/mol. The maximum Gasteiger partial charge on any atom is 0.220 e. The van der Waals surface area contributed by atoms with Gasteiger partial charge in [-0.1, -0.05) is 42.8 Å². The lowest BCUT2D eigenvalue weighted by atomic mass is 9.99. The molecule has 0 aliphatic heterocycles. The number of carbonyl (C=O) groups excluding carboxylic acids is 1. The predicted octanol–water partition coefficient (Wildman–Crippen LogP) is 4.39. The summed E-state index contributed by atoms with van der Waals surface area (Å²) in [5.41, 5.74) is 8.16. The van der Waals surface area contributed by atoms with Gasteiger partial charge in [0.15, 0.2) is 11.5 Å². The standard InChI is InChI=1S/C23H30N2O3.ClH/c1-16(25-23(26)14-19-9-6-10-20(19)24)18-11-12-21(22(13-18)27-2)28-15-17-7-4-3-5-8-17;/h3-5,7-8,11-13,16,19-20H,6,9-10,14-15,24H2,1-2H3,(H,25,26);1H/t16?,19-,20+;/m0./s1. The van der Waals surface area contributed by atoms with E-state index in [-0.39, 0.29) is 30.4 Å². The summed E-state index contributed by atoms with van der Waals surface area (Å²) < 4.78 is 11.4. The van der Waals surface area contributed by atoms with Gasteiger partial charge in [0.2, 0.25) is 5.91 Å². The first-order chi connectivity index (χ1) is 13.6. The molecule has 1 saturated carbocycles. The number of nitrogens with one attached hydrogen (secondary N) is 1. The second kappa shape index (κ2) is 11.1. The lowest BCUT2D eigenvalue weighted by Gasteiger charge is -2.19. The fourth-order valence-electron chi connectivity index (χ4n) is 3.75. The first kappa shape index (κ1) is 23.0. The molecule has 5 nitrogen and oxygen atoms in total. The molecule has 0 heterocycles. The molecule has 0 aromatic heterocycles. The number of hydrogen-bond donors (Lipinski definition) is 2. The average molecular weight is 419 g/mol. The number of ether oxygens (including phenoxy) is 2. The van der Waals surface area contributed by atoms with Crippen molar-refractivity contribution in [3.8, 4) is 11.5 Å². The van der Waals surface area contributed by atoms with Gasteiger partial charge in [-0.2, -0.15) is 0 Å². The van der Waals surface area contributed by atoms with Crippen LogP contribution in [0.1, 0.15) is 49.8 Å². The molecule has 1 amide bonds. The van der Waals surface area contributed by atoms with E-state index in [1.807, 2.05) is 55.5 Å². The Labute approximate surface area is 179 Å². The number of halogens is 1. The normalized spacial score (nSPS) is 19.1. The smallest absolute Gasteiger partial charge is 0.220 e. The largest absolute Gasteiger partial charge is 0.493 e. The predicted molar refractivity (Wildman–Crippen MR) is 118 cm³/mol. The minimum atomic E-state index is -0.109. The van der Waals surface area contributed by atoms with E-state index in [1.165, 1.54) is 0 Å². The third-order valence-electron chi connectivity index (χ3n) is 5.47. The molecule has 6 heteroatoms. The Hall–Kier alpha value is -2.24. The van der Waals surface area contributed by atoms with Gasteiger partial charge in [-0.25, -0.2) is 0 Å². The summed E-state index contributed by atoms with van der Waals surface area (Å²) in [5, 5.41) is 3.08. The van der Waals surface area contributed by atoms with Gasteiger partial charge in [-0.05, 0) is 48.9 Å². The Morgan fingerprint density at radius 3 is 2.59 bits per heavy atom. The number of nitrogens with two attached hydrogens (primary N) is 1. The molecule has 2 aromatic carbocycles. The zero-order valence-corrected chi connectivity index (χ0v) is 17.9. The van der Waals surface area contributed by atoms with Crippen LogP contribution in [0.4, 0.5) is 0 Å². The highest BCUT2D eigenvalue weighted by atomic mass is 35.5. The molecule has 1 aliphatic carbocycles. The molecule has 29 heavy (non-hydrogen) atoms. The molecule has 1 aliphatic rings. The molecule has 2 aromatic rings. The maximum atomic E-state index is 12.4. The van der Waals surface area contributed by atoms with Crippen LogP contribution in [0.5, 0.6) is 11.5 Å². The summed E-state index contributed by atoms with van der Waals surface area (Å²) >= 11 is 0. The highest BCUT2D eigenvalue weighted by molar-refractivity contribution is 5.85. The van der Waals surface area contributed by atoms with Crippen molar-refractivity contribution in [3.63, 3.8) is 0 Å². The maximum absolute atomic E-state index is 12.4. The van der Waals surface area contributed by atoms with E-state index < -0.39 is 0 Å². The van der Waals surface area contributed by atoms with Crippen molar-refractivity contribution in [1.29, 1.82) is 0 Å². The van der Waals surface area contributed by atoms with Gasteiger partial charge in [0, 0.05) is 12.5 Å².